The molecule has 0 saturated heterocycles. The summed E-state index contributed by atoms with van der Waals surface area (Å²) in [6.07, 6.45) is -5.45. The maximum Gasteiger partial charge on any atom is 0.416 e. The van der Waals surface area contributed by atoms with Crippen LogP contribution < -0.4 is 4.74 Å². The van der Waals surface area contributed by atoms with E-state index in [1.807, 2.05) is 6.07 Å². The molecule has 0 radical (unpaired) electrons. The smallest absolute Gasteiger partial charge is 0.416 e. The van der Waals surface area contributed by atoms with E-state index in [1.54, 1.807) is 0 Å². The van der Waals surface area contributed by atoms with E-state index in [4.69, 9.17) is 10.00 Å². The first-order chi connectivity index (χ1) is 12.1. The third-order valence-electron chi connectivity index (χ3n) is 3.22. The zero-order chi connectivity index (χ0) is 19.5. The summed E-state index contributed by atoms with van der Waals surface area (Å²) in [6, 6.07) is 9.25. The lowest BCUT2D eigenvalue weighted by molar-refractivity contribution is -0.388. The predicted molar refractivity (Wildman–Crippen MR) is 84.9 cm³/mol. The molecule has 0 aromatic heterocycles. The fourth-order valence-corrected chi connectivity index (χ4v) is 3.14. The van der Waals surface area contributed by atoms with Crippen LogP contribution in [0.3, 0.4) is 0 Å². The number of nitrogens with zero attached hydrogens (tertiary/aromatic N) is 2. The second-order valence-corrected chi connectivity index (χ2v) is 6.52. The van der Waals surface area contributed by atoms with Crippen molar-refractivity contribution in [3.8, 4) is 11.8 Å². The Kier molecular flexibility index (Phi) is 5.74. The molecule has 10 heteroatoms. The van der Waals surface area contributed by atoms with Gasteiger partial charge in [0.15, 0.2) is 11.0 Å². The van der Waals surface area contributed by atoms with Gasteiger partial charge in [-0.1, -0.05) is 0 Å². The number of rotatable bonds is 5. The fraction of sp³-hybridized carbons (Fsp3) is 0.188. The highest BCUT2D eigenvalue weighted by Crippen LogP contribution is 2.36. The third-order valence-corrected chi connectivity index (χ3v) is 4.66. The van der Waals surface area contributed by atoms with Crippen molar-refractivity contribution in [3.05, 3.63) is 58.1 Å². The SMILES string of the molecule is CC(C#N)Oc1ccc([S+]([O-])c2ccc(C(F)(F)F)cc2[N+](=O)[O-])cc1. The van der Waals surface area contributed by atoms with E-state index in [0.29, 0.717) is 17.9 Å². The van der Waals surface area contributed by atoms with E-state index in [2.05, 4.69) is 0 Å². The first-order valence-corrected chi connectivity index (χ1v) is 8.22. The van der Waals surface area contributed by atoms with Gasteiger partial charge >= 0.3 is 11.9 Å². The van der Waals surface area contributed by atoms with Crippen molar-refractivity contribution in [2.75, 3.05) is 0 Å². The predicted octanol–water partition coefficient (Wildman–Crippen LogP) is 4.07. The Balaban J connectivity index is 2.35. The molecule has 2 rings (SSSR count). The van der Waals surface area contributed by atoms with E-state index in [-0.39, 0.29) is 9.79 Å². The number of hydrogen-bond donors (Lipinski definition) is 0. The standard InChI is InChI=1S/C16H11F3N2O4S/c1-10(9-20)25-12-3-5-13(6-4-12)26(24)15-7-2-11(16(17,18)19)8-14(15)21(22)23/h2-8,10H,1H3. The van der Waals surface area contributed by atoms with Gasteiger partial charge in [-0.05, 0) is 37.3 Å². The maximum atomic E-state index is 12.7. The second-order valence-electron chi connectivity index (χ2n) is 5.07. The zero-order valence-corrected chi connectivity index (χ0v) is 14.0. The van der Waals surface area contributed by atoms with Gasteiger partial charge in [0.2, 0.25) is 4.90 Å². The lowest BCUT2D eigenvalue weighted by Gasteiger charge is -2.13. The molecule has 0 N–H and O–H groups in total. The molecule has 0 spiro atoms. The molecular formula is C16H11F3N2O4S. The number of benzene rings is 2. The molecule has 2 aromatic rings. The van der Waals surface area contributed by atoms with Gasteiger partial charge in [-0.25, -0.2) is 0 Å². The first kappa shape index (κ1) is 19.6. The normalized spacial score (nSPS) is 13.5. The fourth-order valence-electron chi connectivity index (χ4n) is 1.99. The van der Waals surface area contributed by atoms with Crippen molar-refractivity contribution in [2.24, 2.45) is 0 Å². The van der Waals surface area contributed by atoms with Crippen molar-refractivity contribution in [2.45, 2.75) is 29.0 Å². The van der Waals surface area contributed by atoms with Crippen LogP contribution in [0, 0.1) is 21.4 Å². The van der Waals surface area contributed by atoms with E-state index < -0.39 is 39.6 Å². The summed E-state index contributed by atoms with van der Waals surface area (Å²) in [5.41, 5.74) is -2.07. The van der Waals surface area contributed by atoms with Crippen LogP contribution in [0.1, 0.15) is 12.5 Å². The highest BCUT2D eigenvalue weighted by atomic mass is 32.2. The molecule has 136 valence electrons. The molecule has 26 heavy (non-hydrogen) atoms. The van der Waals surface area contributed by atoms with Crippen molar-refractivity contribution in [1.82, 2.24) is 0 Å². The summed E-state index contributed by atoms with van der Waals surface area (Å²) in [5, 5.41) is 19.8. The molecule has 2 atom stereocenters. The summed E-state index contributed by atoms with van der Waals surface area (Å²) < 4.78 is 56.0. The van der Waals surface area contributed by atoms with Crippen LogP contribution in [0.15, 0.2) is 52.3 Å². The van der Waals surface area contributed by atoms with Gasteiger partial charge in [0, 0.05) is 23.3 Å². The minimum absolute atomic E-state index is 0.143. The van der Waals surface area contributed by atoms with E-state index >= 15 is 0 Å². The minimum Gasteiger partial charge on any atom is -0.606 e. The molecule has 0 saturated carbocycles. The van der Waals surface area contributed by atoms with Crippen LogP contribution in [0.2, 0.25) is 0 Å². The van der Waals surface area contributed by atoms with Crippen LogP contribution in [-0.2, 0) is 17.4 Å². The van der Waals surface area contributed by atoms with Crippen LogP contribution in [0.25, 0.3) is 0 Å². The lowest BCUT2D eigenvalue weighted by Crippen LogP contribution is -2.10. The summed E-state index contributed by atoms with van der Waals surface area (Å²) in [4.78, 5) is 9.89. The van der Waals surface area contributed by atoms with Gasteiger partial charge in [0.05, 0.1) is 10.5 Å². The Labute approximate surface area is 149 Å². The molecule has 0 bridgehead atoms. The van der Waals surface area contributed by atoms with Crippen molar-refractivity contribution >= 4 is 16.9 Å². The maximum absolute atomic E-state index is 12.7. The number of nitriles is 1. The quantitative estimate of drug-likeness (QED) is 0.439. The van der Waals surface area contributed by atoms with E-state index in [0.717, 1.165) is 6.07 Å². The van der Waals surface area contributed by atoms with Gasteiger partial charge in [0.1, 0.15) is 11.8 Å². The summed E-state index contributed by atoms with van der Waals surface area (Å²) in [6.45, 7) is 1.53. The Hall–Kier alpha value is -2.77. The molecule has 6 nitrogen and oxygen atoms in total. The Bertz CT molecular complexity index is 850. The average Bonchev–Trinajstić information content (AvgIpc) is 2.60. The molecule has 0 aliphatic rings. The molecule has 2 aromatic carbocycles. The van der Waals surface area contributed by atoms with Crippen LogP contribution in [0.4, 0.5) is 18.9 Å². The van der Waals surface area contributed by atoms with Gasteiger partial charge in [-0.2, -0.15) is 18.4 Å². The van der Waals surface area contributed by atoms with Crippen molar-refractivity contribution in [1.29, 1.82) is 5.26 Å². The van der Waals surface area contributed by atoms with E-state index in [9.17, 15) is 27.8 Å². The molecule has 0 fully saturated rings. The summed E-state index contributed by atoms with van der Waals surface area (Å²) >= 11 is -2.07. The number of hydrogen-bond acceptors (Lipinski definition) is 5. The lowest BCUT2D eigenvalue weighted by atomic mass is 10.2. The highest BCUT2D eigenvalue weighted by Gasteiger charge is 2.35. The Morgan fingerprint density at radius 1 is 1.23 bits per heavy atom. The molecule has 0 amide bonds. The number of nitro groups is 1. The molecule has 2 unspecified atom stereocenters. The number of ether oxygens (including phenoxy) is 1. The summed E-state index contributed by atoms with van der Waals surface area (Å²) in [7, 11) is 0. The van der Waals surface area contributed by atoms with Gasteiger partial charge < -0.3 is 9.29 Å². The summed E-state index contributed by atoms with van der Waals surface area (Å²) in [5.74, 6) is 0.321. The largest absolute Gasteiger partial charge is 0.606 e. The number of alkyl halides is 3. The highest BCUT2D eigenvalue weighted by molar-refractivity contribution is 7.91. The van der Waals surface area contributed by atoms with Gasteiger partial charge in [-0.15, -0.1) is 0 Å². The van der Waals surface area contributed by atoms with E-state index in [1.165, 1.54) is 31.2 Å². The van der Waals surface area contributed by atoms with Gasteiger partial charge in [0.25, 0.3) is 0 Å². The van der Waals surface area contributed by atoms with Crippen molar-refractivity contribution < 1.29 is 27.4 Å². The van der Waals surface area contributed by atoms with Gasteiger partial charge in [-0.3, -0.25) is 10.1 Å². The topological polar surface area (TPSA) is 99.2 Å². The second kappa shape index (κ2) is 7.63. The van der Waals surface area contributed by atoms with Crippen LogP contribution in [0.5, 0.6) is 5.75 Å². The number of nitro benzene ring substituents is 1. The molecule has 0 aliphatic heterocycles. The zero-order valence-electron chi connectivity index (χ0n) is 13.2. The molecule has 0 heterocycles. The molecular weight excluding hydrogens is 373 g/mol. The Morgan fingerprint density at radius 2 is 1.85 bits per heavy atom. The van der Waals surface area contributed by atoms with Crippen molar-refractivity contribution in [3.63, 3.8) is 0 Å². The van der Waals surface area contributed by atoms with Crippen LogP contribution in [-0.4, -0.2) is 15.6 Å². The average molecular weight is 384 g/mol. The monoisotopic (exact) mass is 384 g/mol. The first-order valence-electron chi connectivity index (χ1n) is 7.07. The minimum atomic E-state index is -4.75. The van der Waals surface area contributed by atoms with Crippen LogP contribution >= 0.6 is 0 Å². The number of halogens is 3. The molecule has 0 aliphatic carbocycles. The Morgan fingerprint density at radius 3 is 2.35 bits per heavy atom. The third kappa shape index (κ3) is 4.44.